The van der Waals surface area contributed by atoms with Gasteiger partial charge in [0.25, 0.3) is 0 Å². The average molecular weight is 534 g/mol. The Morgan fingerprint density at radius 2 is 1.39 bits per heavy atom. The van der Waals surface area contributed by atoms with Gasteiger partial charge in [-0.1, -0.05) is 65.1 Å². The summed E-state index contributed by atoms with van der Waals surface area (Å²) in [4.78, 5) is 17.8. The summed E-state index contributed by atoms with van der Waals surface area (Å²) in [6.07, 6.45) is 1.76. The van der Waals surface area contributed by atoms with Crippen molar-refractivity contribution in [3.8, 4) is 0 Å². The zero-order valence-corrected chi connectivity index (χ0v) is 21.1. The molecule has 178 valence electrons. The van der Waals surface area contributed by atoms with Crippen LogP contribution in [0.1, 0.15) is 27.3 Å². The molecule has 1 aromatic heterocycles. The summed E-state index contributed by atoms with van der Waals surface area (Å²) in [5, 5.41) is 1.78. The van der Waals surface area contributed by atoms with Gasteiger partial charge in [0.1, 0.15) is 11.6 Å². The molecule has 0 aliphatic heterocycles. The molecule has 0 spiro atoms. The number of fused-ring (bicyclic) bond motifs is 1. The monoisotopic (exact) mass is 532 g/mol. The van der Waals surface area contributed by atoms with Crippen LogP contribution in [-0.4, -0.2) is 15.5 Å². The van der Waals surface area contributed by atoms with Crippen molar-refractivity contribution >= 4 is 63.6 Å². The number of hydrogen-bond donors (Lipinski definition) is 0. The van der Waals surface area contributed by atoms with Gasteiger partial charge in [0, 0.05) is 26.7 Å². The minimum atomic E-state index is -0.512. The summed E-state index contributed by atoms with van der Waals surface area (Å²) in [5.74, 6) is 0.439. The van der Waals surface area contributed by atoms with Crippen molar-refractivity contribution in [2.75, 3.05) is 0 Å². The minimum absolute atomic E-state index is 0.335. The maximum absolute atomic E-state index is 13.0. The fourth-order valence-electron chi connectivity index (χ4n) is 3.82. The van der Waals surface area contributed by atoms with Gasteiger partial charge < -0.3 is 9.30 Å². The molecule has 4 aromatic carbocycles. The first-order chi connectivity index (χ1) is 17.5. The highest BCUT2D eigenvalue weighted by atomic mass is 35.5. The van der Waals surface area contributed by atoms with E-state index in [4.69, 9.17) is 44.5 Å². The summed E-state index contributed by atoms with van der Waals surface area (Å²) < 4.78 is 7.93. The van der Waals surface area contributed by atoms with Gasteiger partial charge in [-0.15, -0.1) is 0 Å². The van der Waals surface area contributed by atoms with Crippen molar-refractivity contribution in [1.82, 2.24) is 9.55 Å². The minimum Gasteiger partial charge on any atom is -0.422 e. The maximum atomic E-state index is 13.0. The zero-order valence-electron chi connectivity index (χ0n) is 18.9. The van der Waals surface area contributed by atoms with Crippen LogP contribution in [0.25, 0.3) is 22.9 Å². The number of para-hydroxylation sites is 2. The smallest absolute Gasteiger partial charge is 0.343 e. The van der Waals surface area contributed by atoms with E-state index in [1.54, 1.807) is 54.6 Å². The van der Waals surface area contributed by atoms with Crippen LogP contribution in [-0.2, 0) is 11.3 Å². The second-order valence-corrected chi connectivity index (χ2v) is 9.33. The topological polar surface area (TPSA) is 44.1 Å². The van der Waals surface area contributed by atoms with Gasteiger partial charge in [0.05, 0.1) is 23.1 Å². The lowest BCUT2D eigenvalue weighted by molar-refractivity contribution is 0.0693. The molecule has 0 amide bonds. The third-order valence-electron chi connectivity index (χ3n) is 5.64. The van der Waals surface area contributed by atoms with Gasteiger partial charge in [-0.2, -0.15) is 0 Å². The Morgan fingerprint density at radius 1 is 0.778 bits per heavy atom. The fraction of sp³-hybridized carbons (Fsp3) is 0.0345. The predicted octanol–water partition coefficient (Wildman–Crippen LogP) is 8.40. The summed E-state index contributed by atoms with van der Waals surface area (Å²) >= 11 is 18.6. The number of hydrogen-bond acceptors (Lipinski definition) is 3. The first-order valence-corrected chi connectivity index (χ1v) is 12.3. The SMILES string of the molecule is O=C(O/C(=C/c1nc2ccccc2n1Cc1ccccc1Cl)c1ccc(Cl)cc1)c1ccc(Cl)cc1. The maximum Gasteiger partial charge on any atom is 0.343 e. The van der Waals surface area contributed by atoms with Crippen molar-refractivity contribution in [1.29, 1.82) is 0 Å². The summed E-state index contributed by atoms with van der Waals surface area (Å²) in [6.45, 7) is 0.491. The summed E-state index contributed by atoms with van der Waals surface area (Å²) in [7, 11) is 0. The van der Waals surface area contributed by atoms with E-state index >= 15 is 0 Å². The Morgan fingerprint density at radius 3 is 2.08 bits per heavy atom. The molecule has 1 heterocycles. The van der Waals surface area contributed by atoms with Crippen LogP contribution >= 0.6 is 34.8 Å². The standard InChI is InChI=1S/C29H19Cl3N2O2/c30-22-13-9-19(10-14-22)27(36-29(35)20-11-15-23(31)16-12-20)17-28-33-25-7-3-4-8-26(25)34(28)18-21-5-1-2-6-24(21)32/h1-17H,18H2/b27-17+. The lowest BCUT2D eigenvalue weighted by Crippen LogP contribution is -2.07. The van der Waals surface area contributed by atoms with E-state index in [1.165, 1.54) is 0 Å². The molecule has 5 aromatic rings. The van der Waals surface area contributed by atoms with Crippen LogP contribution in [0, 0.1) is 0 Å². The van der Waals surface area contributed by atoms with Crippen LogP contribution in [0.2, 0.25) is 15.1 Å². The Balaban J connectivity index is 1.61. The first kappa shape index (κ1) is 24.1. The third-order valence-corrected chi connectivity index (χ3v) is 6.51. The van der Waals surface area contributed by atoms with E-state index in [-0.39, 0.29) is 0 Å². The Bertz CT molecular complexity index is 1570. The number of carbonyl (C=O) groups excluding carboxylic acids is 1. The molecule has 0 atom stereocenters. The molecule has 36 heavy (non-hydrogen) atoms. The van der Waals surface area contributed by atoms with Crippen molar-refractivity contribution in [2.24, 2.45) is 0 Å². The van der Waals surface area contributed by atoms with E-state index < -0.39 is 5.97 Å². The number of aromatic nitrogens is 2. The van der Waals surface area contributed by atoms with Crippen LogP contribution in [0.4, 0.5) is 0 Å². The number of carbonyl (C=O) groups is 1. The van der Waals surface area contributed by atoms with Gasteiger partial charge in [0.15, 0.2) is 0 Å². The van der Waals surface area contributed by atoms with E-state index in [2.05, 4.69) is 0 Å². The van der Waals surface area contributed by atoms with E-state index in [0.717, 1.165) is 16.6 Å². The number of nitrogens with zero attached hydrogens (tertiary/aromatic N) is 2. The van der Waals surface area contributed by atoms with E-state index in [9.17, 15) is 4.79 Å². The molecular formula is C29H19Cl3N2O2. The zero-order chi connectivity index (χ0) is 25.1. The van der Waals surface area contributed by atoms with Crippen LogP contribution < -0.4 is 0 Å². The van der Waals surface area contributed by atoms with Crippen molar-refractivity contribution < 1.29 is 9.53 Å². The largest absolute Gasteiger partial charge is 0.422 e. The number of rotatable bonds is 6. The molecule has 0 N–H and O–H groups in total. The van der Waals surface area contributed by atoms with Crippen LogP contribution in [0.5, 0.6) is 0 Å². The van der Waals surface area contributed by atoms with Gasteiger partial charge >= 0.3 is 5.97 Å². The lowest BCUT2D eigenvalue weighted by atomic mass is 10.1. The van der Waals surface area contributed by atoms with Gasteiger partial charge in [-0.25, -0.2) is 9.78 Å². The Kier molecular flexibility index (Phi) is 7.10. The molecule has 0 unspecified atom stereocenters. The third kappa shape index (κ3) is 5.31. The molecule has 5 rings (SSSR count). The second-order valence-electron chi connectivity index (χ2n) is 8.05. The molecule has 0 bridgehead atoms. The lowest BCUT2D eigenvalue weighted by Gasteiger charge is -2.12. The van der Waals surface area contributed by atoms with E-state index in [1.807, 2.05) is 53.1 Å². The first-order valence-electron chi connectivity index (χ1n) is 11.1. The molecule has 0 radical (unpaired) electrons. The highest BCUT2D eigenvalue weighted by Crippen LogP contribution is 2.27. The summed E-state index contributed by atoms with van der Waals surface area (Å²) in [5.41, 5.74) is 3.75. The predicted molar refractivity (Wildman–Crippen MR) is 146 cm³/mol. The molecular weight excluding hydrogens is 515 g/mol. The molecule has 0 saturated heterocycles. The molecule has 0 aliphatic carbocycles. The number of imidazole rings is 1. The van der Waals surface area contributed by atoms with Gasteiger partial charge in [-0.3, -0.25) is 0 Å². The second kappa shape index (κ2) is 10.6. The summed E-state index contributed by atoms with van der Waals surface area (Å²) in [6, 6.07) is 29.1. The Labute approximate surface area is 223 Å². The van der Waals surface area contributed by atoms with Crippen molar-refractivity contribution in [2.45, 2.75) is 6.54 Å². The highest BCUT2D eigenvalue weighted by Gasteiger charge is 2.16. The number of ether oxygens (including phenoxy) is 1. The molecule has 0 aliphatic rings. The van der Waals surface area contributed by atoms with Crippen molar-refractivity contribution in [3.05, 3.63) is 135 Å². The number of halogens is 3. The molecule has 4 nitrogen and oxygen atoms in total. The van der Waals surface area contributed by atoms with Crippen LogP contribution in [0.3, 0.4) is 0 Å². The van der Waals surface area contributed by atoms with E-state index in [0.29, 0.717) is 44.3 Å². The van der Waals surface area contributed by atoms with Crippen LogP contribution in [0.15, 0.2) is 97.1 Å². The van der Waals surface area contributed by atoms with Gasteiger partial charge in [0.2, 0.25) is 0 Å². The molecule has 0 fully saturated rings. The van der Waals surface area contributed by atoms with Crippen molar-refractivity contribution in [3.63, 3.8) is 0 Å². The number of esters is 1. The quantitative estimate of drug-likeness (QED) is 0.163. The average Bonchev–Trinajstić information content (AvgIpc) is 3.22. The number of benzene rings is 4. The highest BCUT2D eigenvalue weighted by molar-refractivity contribution is 6.31. The van der Waals surface area contributed by atoms with Gasteiger partial charge in [-0.05, 0) is 72.3 Å². The molecule has 0 saturated carbocycles. The molecule has 7 heteroatoms. The normalized spacial score (nSPS) is 11.6. The fourth-order valence-corrected chi connectivity index (χ4v) is 4.26. The Hall–Kier alpha value is -3.57.